The molecule has 0 saturated carbocycles. The summed E-state index contributed by atoms with van der Waals surface area (Å²) in [5.41, 5.74) is 0.395. The number of rotatable bonds is 7. The second kappa shape index (κ2) is 11.7. The largest absolute Gasteiger partial charge is 0.497 e. The van der Waals surface area contributed by atoms with Crippen LogP contribution >= 0.6 is 11.8 Å². The number of halogens is 4. The molecule has 1 aliphatic rings. The number of alkyl halides is 3. The molecule has 3 aromatic rings. The topological polar surface area (TPSA) is 71.0 Å². The number of carbonyl (C=O) groups excluding carboxylic acids is 2. The Morgan fingerprint density at radius 2 is 1.82 bits per heavy atom. The van der Waals surface area contributed by atoms with Crippen LogP contribution in [0.5, 0.6) is 5.75 Å². The summed E-state index contributed by atoms with van der Waals surface area (Å²) in [7, 11) is 1.55. The number of hydrogen-bond donors (Lipinski definition) is 1. The molecule has 1 saturated heterocycles. The highest BCUT2D eigenvalue weighted by molar-refractivity contribution is 8.15. The summed E-state index contributed by atoms with van der Waals surface area (Å²) in [6.07, 6.45) is -4.25. The van der Waals surface area contributed by atoms with Gasteiger partial charge in [-0.05, 0) is 66.6 Å². The van der Waals surface area contributed by atoms with Crippen LogP contribution in [0.3, 0.4) is 0 Å². The number of hydrogen-bond acceptors (Lipinski definition) is 5. The van der Waals surface area contributed by atoms with Gasteiger partial charge in [0, 0.05) is 18.7 Å². The van der Waals surface area contributed by atoms with Crippen LogP contribution in [0.15, 0.2) is 77.8 Å². The predicted octanol–water partition coefficient (Wildman–Crippen LogP) is 6.06. The van der Waals surface area contributed by atoms with Gasteiger partial charge in [-0.15, -0.1) is 0 Å². The lowest BCUT2D eigenvalue weighted by molar-refractivity contribution is -0.137. The first kappa shape index (κ1) is 27.2. The van der Waals surface area contributed by atoms with Crippen molar-refractivity contribution in [2.45, 2.75) is 24.3 Å². The number of nitrogens with zero attached hydrogens (tertiary/aromatic N) is 2. The molecule has 1 atom stereocenters. The van der Waals surface area contributed by atoms with E-state index in [-0.39, 0.29) is 29.7 Å². The highest BCUT2D eigenvalue weighted by atomic mass is 32.2. The lowest BCUT2D eigenvalue weighted by Gasteiger charge is -2.32. The van der Waals surface area contributed by atoms with Gasteiger partial charge in [0.05, 0.1) is 18.4 Å². The molecule has 198 valence electrons. The average Bonchev–Trinajstić information content (AvgIpc) is 2.89. The normalized spacial score (nSPS) is 17.0. The van der Waals surface area contributed by atoms with Crippen LogP contribution in [0, 0.1) is 5.82 Å². The van der Waals surface area contributed by atoms with E-state index in [0.717, 1.165) is 29.5 Å². The van der Waals surface area contributed by atoms with Crippen molar-refractivity contribution in [2.24, 2.45) is 4.99 Å². The SMILES string of the molecule is COc1ccc(CCN2C(=O)CC(C(=O)Nc3ccc(F)cc3)SC2=Nc2cccc(C(F)(F)F)c2)cc1. The maximum absolute atomic E-state index is 13.2. The molecule has 0 aliphatic carbocycles. The Labute approximate surface area is 220 Å². The third-order valence-electron chi connectivity index (χ3n) is 5.73. The maximum atomic E-state index is 13.2. The van der Waals surface area contributed by atoms with Gasteiger partial charge >= 0.3 is 6.18 Å². The van der Waals surface area contributed by atoms with E-state index in [1.807, 2.05) is 12.1 Å². The molecule has 1 unspecified atom stereocenters. The molecule has 0 aromatic heterocycles. The molecule has 38 heavy (non-hydrogen) atoms. The van der Waals surface area contributed by atoms with Gasteiger partial charge in [0.2, 0.25) is 11.8 Å². The second-order valence-electron chi connectivity index (χ2n) is 8.39. The van der Waals surface area contributed by atoms with E-state index in [1.165, 1.54) is 41.3 Å². The molecule has 1 heterocycles. The number of anilines is 1. The molecule has 0 spiro atoms. The summed E-state index contributed by atoms with van der Waals surface area (Å²) in [5.74, 6) is -0.669. The summed E-state index contributed by atoms with van der Waals surface area (Å²) < 4.78 is 58.1. The smallest absolute Gasteiger partial charge is 0.416 e. The Morgan fingerprint density at radius 3 is 2.47 bits per heavy atom. The first-order valence-electron chi connectivity index (χ1n) is 11.5. The van der Waals surface area contributed by atoms with Crippen molar-refractivity contribution < 1.29 is 31.9 Å². The molecule has 4 rings (SSSR count). The van der Waals surface area contributed by atoms with Crippen LogP contribution in [0.25, 0.3) is 0 Å². The standard InChI is InChI=1S/C27H23F4N3O3S/c1-37-22-11-5-17(6-12-22)13-14-34-24(35)16-23(25(36)32-20-9-7-19(28)8-10-20)38-26(34)33-21-4-2-3-18(15-21)27(29,30)31/h2-12,15,23H,13-14,16H2,1H3,(H,32,36). The fourth-order valence-electron chi connectivity index (χ4n) is 3.71. The number of amidine groups is 1. The molecule has 11 heteroatoms. The van der Waals surface area contributed by atoms with Crippen molar-refractivity contribution >= 4 is 40.1 Å². The number of thioether (sulfide) groups is 1. The summed E-state index contributed by atoms with van der Waals surface area (Å²) in [6, 6.07) is 16.9. The van der Waals surface area contributed by atoms with Crippen LogP contribution < -0.4 is 10.1 Å². The number of methoxy groups -OCH3 is 1. The van der Waals surface area contributed by atoms with E-state index in [1.54, 1.807) is 19.2 Å². The van der Waals surface area contributed by atoms with Gasteiger partial charge in [-0.1, -0.05) is 30.0 Å². The molecular weight excluding hydrogens is 522 g/mol. The van der Waals surface area contributed by atoms with Gasteiger partial charge in [-0.2, -0.15) is 13.2 Å². The monoisotopic (exact) mass is 545 g/mol. The van der Waals surface area contributed by atoms with Crippen LogP contribution in [-0.2, 0) is 22.2 Å². The third kappa shape index (κ3) is 6.91. The Hall–Kier alpha value is -3.86. The van der Waals surface area contributed by atoms with Gasteiger partial charge in [0.15, 0.2) is 5.17 Å². The summed E-state index contributed by atoms with van der Waals surface area (Å²) in [6.45, 7) is 0.211. The van der Waals surface area contributed by atoms with E-state index < -0.39 is 28.7 Å². The van der Waals surface area contributed by atoms with Crippen LogP contribution in [0.1, 0.15) is 17.5 Å². The lowest BCUT2D eigenvalue weighted by atomic mass is 10.1. The van der Waals surface area contributed by atoms with Crippen LogP contribution in [0.4, 0.5) is 28.9 Å². The zero-order chi connectivity index (χ0) is 27.3. The molecule has 0 bridgehead atoms. The summed E-state index contributed by atoms with van der Waals surface area (Å²) in [5, 5.41) is 1.88. The minimum Gasteiger partial charge on any atom is -0.497 e. The van der Waals surface area contributed by atoms with Gasteiger partial charge < -0.3 is 10.1 Å². The minimum atomic E-state index is -4.56. The van der Waals surface area contributed by atoms with E-state index in [4.69, 9.17) is 4.74 Å². The molecule has 1 aliphatic heterocycles. The Bertz CT molecular complexity index is 1330. The maximum Gasteiger partial charge on any atom is 0.416 e. The van der Waals surface area contributed by atoms with Crippen molar-refractivity contribution in [3.63, 3.8) is 0 Å². The van der Waals surface area contributed by atoms with E-state index in [2.05, 4.69) is 10.3 Å². The fourth-order valence-corrected chi connectivity index (χ4v) is 4.84. The molecular formula is C27H23F4N3O3S. The average molecular weight is 546 g/mol. The van der Waals surface area contributed by atoms with Crippen molar-refractivity contribution in [2.75, 3.05) is 19.0 Å². The summed E-state index contributed by atoms with van der Waals surface area (Å²) >= 11 is 0.991. The van der Waals surface area contributed by atoms with Crippen LogP contribution in [-0.4, -0.2) is 40.8 Å². The van der Waals surface area contributed by atoms with Crippen molar-refractivity contribution in [1.29, 1.82) is 0 Å². The second-order valence-corrected chi connectivity index (χ2v) is 9.56. The first-order valence-corrected chi connectivity index (χ1v) is 12.4. The minimum absolute atomic E-state index is 0.00386. The molecule has 6 nitrogen and oxygen atoms in total. The molecule has 3 aromatic carbocycles. The van der Waals surface area contributed by atoms with E-state index in [0.29, 0.717) is 17.9 Å². The number of ether oxygens (including phenoxy) is 1. The third-order valence-corrected chi connectivity index (χ3v) is 6.91. The quantitative estimate of drug-likeness (QED) is 0.367. The Balaban J connectivity index is 1.58. The zero-order valence-corrected chi connectivity index (χ0v) is 21.0. The zero-order valence-electron chi connectivity index (χ0n) is 20.2. The van der Waals surface area contributed by atoms with Crippen molar-refractivity contribution in [3.05, 3.63) is 89.7 Å². The van der Waals surface area contributed by atoms with Gasteiger partial charge in [0.25, 0.3) is 0 Å². The van der Waals surface area contributed by atoms with Crippen molar-refractivity contribution in [3.8, 4) is 5.75 Å². The van der Waals surface area contributed by atoms with Gasteiger partial charge in [-0.25, -0.2) is 9.38 Å². The number of aliphatic imine (C=N–C) groups is 1. The number of amides is 2. The van der Waals surface area contributed by atoms with Gasteiger partial charge in [-0.3, -0.25) is 14.5 Å². The van der Waals surface area contributed by atoms with E-state index in [9.17, 15) is 27.2 Å². The highest BCUT2D eigenvalue weighted by Gasteiger charge is 2.36. The lowest BCUT2D eigenvalue weighted by Crippen LogP contribution is -2.46. The first-order chi connectivity index (χ1) is 18.1. The predicted molar refractivity (Wildman–Crippen MR) is 138 cm³/mol. The molecule has 1 N–H and O–H groups in total. The van der Waals surface area contributed by atoms with Crippen molar-refractivity contribution in [1.82, 2.24) is 4.90 Å². The van der Waals surface area contributed by atoms with Crippen LogP contribution in [0.2, 0.25) is 0 Å². The molecule has 2 amide bonds. The van der Waals surface area contributed by atoms with Gasteiger partial charge in [0.1, 0.15) is 16.8 Å². The number of carbonyl (C=O) groups is 2. The number of benzene rings is 3. The Morgan fingerprint density at radius 1 is 1.11 bits per heavy atom. The molecule has 0 radical (unpaired) electrons. The highest BCUT2D eigenvalue weighted by Crippen LogP contribution is 2.34. The fraction of sp³-hybridized carbons (Fsp3) is 0.222. The molecule has 1 fully saturated rings. The summed E-state index contributed by atoms with van der Waals surface area (Å²) in [4.78, 5) is 31.8. The number of nitrogens with one attached hydrogen (secondary N) is 1. The Kier molecular flexibility index (Phi) is 8.35. The van der Waals surface area contributed by atoms with E-state index >= 15 is 0 Å².